The van der Waals surface area contributed by atoms with E-state index < -0.39 is 0 Å². The Morgan fingerprint density at radius 3 is 2.79 bits per heavy atom. The molecular weight excluding hydrogens is 350 g/mol. The molecule has 2 aromatic carbocycles. The minimum atomic E-state index is 0.531. The monoisotopic (exact) mass is 373 g/mol. The number of likely N-dealkylation sites (tertiary alicyclic amines) is 1. The van der Waals surface area contributed by atoms with Crippen molar-refractivity contribution in [3.8, 4) is 22.8 Å². The lowest BCUT2D eigenvalue weighted by molar-refractivity contribution is 0.266. The van der Waals surface area contributed by atoms with Crippen molar-refractivity contribution in [2.45, 2.75) is 32.2 Å². The van der Waals surface area contributed by atoms with Crippen LogP contribution in [0.4, 0.5) is 0 Å². The summed E-state index contributed by atoms with van der Waals surface area (Å²) in [5, 5.41) is 5.23. The number of hydrogen-bond acceptors (Lipinski definition) is 5. The average molecular weight is 373 g/mol. The van der Waals surface area contributed by atoms with E-state index in [2.05, 4.69) is 34.1 Å². The Bertz CT molecular complexity index is 1080. The summed E-state index contributed by atoms with van der Waals surface area (Å²) in [5.41, 5.74) is 2.75. The van der Waals surface area contributed by atoms with Crippen LogP contribution in [-0.2, 0) is 6.42 Å². The molecule has 1 fully saturated rings. The third kappa shape index (κ3) is 3.34. The minimum absolute atomic E-state index is 0.531. The second-order valence-electron chi connectivity index (χ2n) is 7.53. The highest BCUT2D eigenvalue weighted by Crippen LogP contribution is 2.27. The van der Waals surface area contributed by atoms with Gasteiger partial charge in [-0.3, -0.25) is 0 Å². The molecule has 2 aromatic heterocycles. The first-order valence-corrected chi connectivity index (χ1v) is 9.92. The maximum absolute atomic E-state index is 6.04. The van der Waals surface area contributed by atoms with Gasteiger partial charge in [-0.05, 0) is 62.7 Å². The van der Waals surface area contributed by atoms with Crippen LogP contribution in [0.25, 0.3) is 33.8 Å². The van der Waals surface area contributed by atoms with Crippen LogP contribution < -0.4 is 0 Å². The molecule has 0 spiro atoms. The molecule has 1 aliphatic heterocycles. The third-order valence-electron chi connectivity index (χ3n) is 5.61. The maximum atomic E-state index is 6.04. The number of rotatable bonds is 5. The van der Waals surface area contributed by atoms with Gasteiger partial charge in [-0.15, -0.1) is 0 Å². The van der Waals surface area contributed by atoms with E-state index >= 15 is 0 Å². The predicted molar refractivity (Wildman–Crippen MR) is 109 cm³/mol. The summed E-state index contributed by atoms with van der Waals surface area (Å²) in [7, 11) is 0. The Balaban J connectivity index is 1.36. The SMILES string of the molecule is C[C@@H]1CCCN1CCc1cc2cc(-c3noc(-c4ccccc4)n3)ccc2o1. The van der Waals surface area contributed by atoms with Gasteiger partial charge in [0.1, 0.15) is 11.3 Å². The van der Waals surface area contributed by atoms with Crippen molar-refractivity contribution in [2.24, 2.45) is 0 Å². The average Bonchev–Trinajstić information content (AvgIpc) is 3.46. The van der Waals surface area contributed by atoms with Crippen molar-refractivity contribution < 1.29 is 8.94 Å². The summed E-state index contributed by atoms with van der Waals surface area (Å²) in [5.74, 6) is 2.15. The van der Waals surface area contributed by atoms with Crippen LogP contribution in [0.2, 0.25) is 0 Å². The normalized spacial score (nSPS) is 17.5. The Labute approximate surface area is 164 Å². The van der Waals surface area contributed by atoms with Crippen molar-refractivity contribution in [1.82, 2.24) is 15.0 Å². The van der Waals surface area contributed by atoms with Crippen LogP contribution in [-0.4, -0.2) is 34.2 Å². The van der Waals surface area contributed by atoms with E-state index in [1.54, 1.807) is 0 Å². The van der Waals surface area contributed by atoms with Crippen molar-refractivity contribution in [1.29, 1.82) is 0 Å². The number of aromatic nitrogens is 2. The molecule has 1 atom stereocenters. The fraction of sp³-hybridized carbons (Fsp3) is 0.304. The third-order valence-corrected chi connectivity index (χ3v) is 5.61. The highest BCUT2D eigenvalue weighted by atomic mass is 16.5. The zero-order valence-corrected chi connectivity index (χ0v) is 16.0. The Morgan fingerprint density at radius 1 is 1.07 bits per heavy atom. The molecule has 0 saturated carbocycles. The van der Waals surface area contributed by atoms with Crippen molar-refractivity contribution >= 4 is 11.0 Å². The molecule has 5 rings (SSSR count). The van der Waals surface area contributed by atoms with Crippen molar-refractivity contribution in [3.05, 3.63) is 60.4 Å². The molecule has 5 nitrogen and oxygen atoms in total. The van der Waals surface area contributed by atoms with E-state index in [1.807, 2.05) is 42.5 Å². The smallest absolute Gasteiger partial charge is 0.258 e. The Hall–Kier alpha value is -2.92. The largest absolute Gasteiger partial charge is 0.461 e. The van der Waals surface area contributed by atoms with Crippen LogP contribution in [0.3, 0.4) is 0 Å². The molecule has 0 aliphatic carbocycles. The topological polar surface area (TPSA) is 55.3 Å². The lowest BCUT2D eigenvalue weighted by Crippen LogP contribution is -2.28. The lowest BCUT2D eigenvalue weighted by atomic mass is 10.1. The van der Waals surface area contributed by atoms with E-state index in [1.165, 1.54) is 19.4 Å². The molecule has 4 aromatic rings. The van der Waals surface area contributed by atoms with Gasteiger partial charge in [-0.1, -0.05) is 23.4 Å². The predicted octanol–water partition coefficient (Wildman–Crippen LogP) is 5.18. The van der Waals surface area contributed by atoms with E-state index in [0.717, 1.165) is 40.8 Å². The van der Waals surface area contributed by atoms with Crippen LogP contribution in [0.5, 0.6) is 0 Å². The number of nitrogens with zero attached hydrogens (tertiary/aromatic N) is 3. The van der Waals surface area contributed by atoms with E-state index in [9.17, 15) is 0 Å². The standard InChI is InChI=1S/C23H23N3O2/c1-16-6-5-12-26(16)13-11-20-15-19-14-18(9-10-21(19)27-20)22-24-23(28-25-22)17-7-3-2-4-8-17/h2-4,7-10,14-16H,5-6,11-13H2,1H3/t16-/m1/s1. The number of furan rings is 1. The van der Waals surface area contributed by atoms with Gasteiger partial charge in [0.25, 0.3) is 5.89 Å². The first-order chi connectivity index (χ1) is 13.8. The quantitative estimate of drug-likeness (QED) is 0.483. The van der Waals surface area contributed by atoms with Crippen molar-refractivity contribution in [2.75, 3.05) is 13.1 Å². The van der Waals surface area contributed by atoms with Gasteiger partial charge in [-0.2, -0.15) is 4.98 Å². The van der Waals surface area contributed by atoms with E-state index in [-0.39, 0.29) is 0 Å². The number of fused-ring (bicyclic) bond motifs is 1. The van der Waals surface area contributed by atoms with Gasteiger partial charge in [0.05, 0.1) is 0 Å². The van der Waals surface area contributed by atoms with Gasteiger partial charge < -0.3 is 13.8 Å². The van der Waals surface area contributed by atoms with Gasteiger partial charge in [0.2, 0.25) is 5.82 Å². The minimum Gasteiger partial charge on any atom is -0.461 e. The number of benzene rings is 2. The van der Waals surface area contributed by atoms with Gasteiger partial charge in [0.15, 0.2) is 0 Å². The Morgan fingerprint density at radius 2 is 1.96 bits per heavy atom. The summed E-state index contributed by atoms with van der Waals surface area (Å²) in [6, 6.07) is 18.7. The van der Waals surface area contributed by atoms with E-state index in [4.69, 9.17) is 8.94 Å². The molecule has 0 N–H and O–H groups in total. The molecular formula is C23H23N3O2. The Kier molecular flexibility index (Phi) is 4.45. The maximum Gasteiger partial charge on any atom is 0.258 e. The number of hydrogen-bond donors (Lipinski definition) is 0. The van der Waals surface area contributed by atoms with E-state index in [0.29, 0.717) is 17.8 Å². The highest BCUT2D eigenvalue weighted by molar-refractivity contribution is 5.83. The summed E-state index contributed by atoms with van der Waals surface area (Å²) in [6.45, 7) is 4.57. The highest BCUT2D eigenvalue weighted by Gasteiger charge is 2.20. The summed E-state index contributed by atoms with van der Waals surface area (Å²) in [6.07, 6.45) is 3.55. The first kappa shape index (κ1) is 17.2. The molecule has 1 aliphatic rings. The molecule has 1 saturated heterocycles. The zero-order chi connectivity index (χ0) is 18.9. The molecule has 0 radical (unpaired) electrons. The molecule has 0 amide bonds. The van der Waals surface area contributed by atoms with Gasteiger partial charge >= 0.3 is 0 Å². The van der Waals surface area contributed by atoms with Crippen molar-refractivity contribution in [3.63, 3.8) is 0 Å². The fourth-order valence-electron chi connectivity index (χ4n) is 3.98. The molecule has 3 heterocycles. The first-order valence-electron chi connectivity index (χ1n) is 9.92. The molecule has 28 heavy (non-hydrogen) atoms. The summed E-state index contributed by atoms with van der Waals surface area (Å²) >= 11 is 0. The lowest BCUT2D eigenvalue weighted by Gasteiger charge is -2.19. The van der Waals surface area contributed by atoms with Crippen LogP contribution in [0, 0.1) is 0 Å². The van der Waals surface area contributed by atoms with Gasteiger partial charge in [-0.25, -0.2) is 0 Å². The van der Waals surface area contributed by atoms with Crippen LogP contribution in [0.15, 0.2) is 63.5 Å². The van der Waals surface area contributed by atoms with Crippen LogP contribution >= 0.6 is 0 Å². The molecule has 5 heteroatoms. The second kappa shape index (κ2) is 7.24. The summed E-state index contributed by atoms with van der Waals surface area (Å²) in [4.78, 5) is 7.09. The molecule has 0 unspecified atom stereocenters. The second-order valence-corrected chi connectivity index (χ2v) is 7.53. The zero-order valence-electron chi connectivity index (χ0n) is 16.0. The van der Waals surface area contributed by atoms with Crippen LogP contribution in [0.1, 0.15) is 25.5 Å². The fourth-order valence-corrected chi connectivity index (χ4v) is 3.98. The molecule has 142 valence electrons. The van der Waals surface area contributed by atoms with Gasteiger partial charge in [0, 0.05) is 35.5 Å². The summed E-state index contributed by atoms with van der Waals surface area (Å²) < 4.78 is 11.5. The molecule has 0 bridgehead atoms.